The molecule has 0 aromatic heterocycles. The number of aliphatic hydroxyl groups excluding tert-OH is 1. The highest BCUT2D eigenvalue weighted by Gasteiger charge is 2.64. The van der Waals surface area contributed by atoms with Crippen molar-refractivity contribution in [3.05, 3.63) is 0 Å². The summed E-state index contributed by atoms with van der Waals surface area (Å²) >= 11 is 6.21. The van der Waals surface area contributed by atoms with E-state index in [0.29, 0.717) is 5.92 Å². The maximum atomic E-state index is 9.32. The molecule has 0 amide bonds. The molecule has 0 radical (unpaired) electrons. The topological polar surface area (TPSA) is 29.5 Å². The Balaban J connectivity index is 2.34. The molecule has 13 heavy (non-hydrogen) atoms. The lowest BCUT2D eigenvalue weighted by Crippen LogP contribution is -2.43. The van der Waals surface area contributed by atoms with E-state index < -0.39 is 0 Å². The first kappa shape index (κ1) is 9.75. The van der Waals surface area contributed by atoms with Crippen molar-refractivity contribution in [1.82, 2.24) is 0 Å². The van der Waals surface area contributed by atoms with Crippen molar-refractivity contribution in [2.45, 2.75) is 43.8 Å². The minimum atomic E-state index is -0.315. The van der Waals surface area contributed by atoms with E-state index in [-0.39, 0.29) is 29.1 Å². The van der Waals surface area contributed by atoms with E-state index in [0.717, 1.165) is 6.42 Å². The lowest BCUT2D eigenvalue weighted by atomic mass is 9.83. The molecule has 2 rings (SSSR count). The summed E-state index contributed by atoms with van der Waals surface area (Å²) in [6.45, 7) is 6.40. The molecule has 1 aliphatic carbocycles. The maximum Gasteiger partial charge on any atom is 0.0878 e. The second kappa shape index (κ2) is 2.62. The van der Waals surface area contributed by atoms with Crippen molar-refractivity contribution >= 4 is 11.6 Å². The molecule has 1 N–H and O–H groups in total. The largest absolute Gasteiger partial charge is 0.396 e. The Bertz CT molecular complexity index is 229. The number of fused-ring (bicyclic) bond motifs is 2. The summed E-state index contributed by atoms with van der Waals surface area (Å²) in [7, 11) is 0. The van der Waals surface area contributed by atoms with Crippen molar-refractivity contribution in [3.63, 3.8) is 0 Å². The van der Waals surface area contributed by atoms with Gasteiger partial charge in [0.2, 0.25) is 0 Å². The number of rotatable bonds is 1. The Morgan fingerprint density at radius 3 is 2.38 bits per heavy atom. The van der Waals surface area contributed by atoms with Crippen LogP contribution in [0.4, 0.5) is 0 Å². The SMILES string of the molecule is CC1(C)OC2(C)C(Cl)CC1C2CO. The van der Waals surface area contributed by atoms with Gasteiger partial charge in [-0.05, 0) is 33.1 Å². The molecular weight excluding hydrogens is 188 g/mol. The number of halogens is 1. The van der Waals surface area contributed by atoms with Crippen molar-refractivity contribution in [2.75, 3.05) is 6.61 Å². The molecule has 1 aliphatic heterocycles. The van der Waals surface area contributed by atoms with Crippen LogP contribution in [0.15, 0.2) is 0 Å². The molecule has 1 saturated heterocycles. The Morgan fingerprint density at radius 2 is 2.08 bits per heavy atom. The Labute approximate surface area is 84.2 Å². The number of aliphatic hydroxyl groups is 1. The summed E-state index contributed by atoms with van der Waals surface area (Å²) in [6, 6.07) is 0. The highest BCUT2D eigenvalue weighted by Crippen LogP contribution is 2.58. The standard InChI is InChI=1S/C10H17ClO2/c1-9(2)6-4-8(11)10(3,13-9)7(6)5-12/h6-8,12H,4-5H2,1-3H3. The third-order valence-corrected chi connectivity index (χ3v) is 4.49. The predicted octanol–water partition coefficient (Wildman–Crippen LogP) is 1.79. The summed E-state index contributed by atoms with van der Waals surface area (Å²) in [5.41, 5.74) is -0.433. The number of ether oxygens (including phenoxy) is 1. The molecule has 76 valence electrons. The molecule has 1 saturated carbocycles. The van der Waals surface area contributed by atoms with Gasteiger partial charge >= 0.3 is 0 Å². The van der Waals surface area contributed by atoms with E-state index in [9.17, 15) is 5.11 Å². The molecule has 4 atom stereocenters. The summed E-state index contributed by atoms with van der Waals surface area (Å²) in [4.78, 5) is 0. The zero-order valence-corrected chi connectivity index (χ0v) is 9.14. The fourth-order valence-corrected chi connectivity index (χ4v) is 3.51. The molecule has 0 spiro atoms. The minimum Gasteiger partial charge on any atom is -0.396 e. The van der Waals surface area contributed by atoms with Gasteiger partial charge in [0.1, 0.15) is 0 Å². The van der Waals surface area contributed by atoms with Gasteiger partial charge in [-0.2, -0.15) is 0 Å². The predicted molar refractivity (Wildman–Crippen MR) is 51.9 cm³/mol. The highest BCUT2D eigenvalue weighted by atomic mass is 35.5. The normalized spacial score (nSPS) is 52.8. The van der Waals surface area contributed by atoms with Gasteiger partial charge in [-0.25, -0.2) is 0 Å². The first-order valence-corrected chi connectivity index (χ1v) is 5.30. The lowest BCUT2D eigenvalue weighted by Gasteiger charge is -2.37. The van der Waals surface area contributed by atoms with Crippen molar-refractivity contribution in [1.29, 1.82) is 0 Å². The second-order valence-electron chi connectivity index (χ2n) is 4.99. The molecule has 2 nitrogen and oxygen atoms in total. The van der Waals surface area contributed by atoms with Crippen LogP contribution in [-0.4, -0.2) is 28.3 Å². The van der Waals surface area contributed by atoms with Crippen LogP contribution in [0.25, 0.3) is 0 Å². The van der Waals surface area contributed by atoms with Crippen molar-refractivity contribution in [2.24, 2.45) is 11.8 Å². The van der Waals surface area contributed by atoms with Gasteiger partial charge in [-0.1, -0.05) is 0 Å². The number of hydrogen-bond donors (Lipinski definition) is 1. The molecule has 1 heterocycles. The summed E-state index contributed by atoms with van der Waals surface area (Å²) < 4.78 is 5.96. The van der Waals surface area contributed by atoms with Crippen LogP contribution in [0.5, 0.6) is 0 Å². The Hall–Kier alpha value is 0.210. The van der Waals surface area contributed by atoms with Crippen molar-refractivity contribution < 1.29 is 9.84 Å². The summed E-state index contributed by atoms with van der Waals surface area (Å²) in [5, 5.41) is 9.38. The first-order valence-electron chi connectivity index (χ1n) is 4.87. The molecule has 0 aromatic rings. The molecule has 0 aromatic carbocycles. The molecule has 2 bridgehead atoms. The highest BCUT2D eigenvalue weighted by molar-refractivity contribution is 6.21. The maximum absolute atomic E-state index is 9.32. The Morgan fingerprint density at radius 1 is 1.46 bits per heavy atom. The summed E-state index contributed by atoms with van der Waals surface area (Å²) in [6.07, 6.45) is 0.969. The second-order valence-corrected chi connectivity index (χ2v) is 5.51. The van der Waals surface area contributed by atoms with Gasteiger partial charge in [0, 0.05) is 12.5 Å². The Kier molecular flexibility index (Phi) is 1.96. The van der Waals surface area contributed by atoms with Crippen molar-refractivity contribution in [3.8, 4) is 0 Å². The lowest BCUT2D eigenvalue weighted by molar-refractivity contribution is -0.114. The third-order valence-electron chi connectivity index (χ3n) is 3.88. The van der Waals surface area contributed by atoms with Gasteiger partial charge in [-0.3, -0.25) is 0 Å². The zero-order chi connectivity index (χ0) is 9.85. The van der Waals surface area contributed by atoms with Gasteiger partial charge in [0.25, 0.3) is 0 Å². The van der Waals surface area contributed by atoms with Crippen LogP contribution in [0.3, 0.4) is 0 Å². The van der Waals surface area contributed by atoms with Crippen LogP contribution in [0.1, 0.15) is 27.2 Å². The van der Waals surface area contributed by atoms with Crippen LogP contribution in [-0.2, 0) is 4.74 Å². The number of alkyl halides is 1. The van der Waals surface area contributed by atoms with Gasteiger partial charge in [-0.15, -0.1) is 11.6 Å². The average Bonchev–Trinajstić information content (AvgIpc) is 2.33. The molecular formula is C10H17ClO2. The fourth-order valence-electron chi connectivity index (χ4n) is 3.11. The van der Waals surface area contributed by atoms with E-state index in [1.54, 1.807) is 0 Å². The van der Waals surface area contributed by atoms with E-state index in [2.05, 4.69) is 13.8 Å². The average molecular weight is 205 g/mol. The minimum absolute atomic E-state index is 0.0580. The first-order chi connectivity index (χ1) is 5.92. The van der Waals surface area contributed by atoms with Crippen LogP contribution in [0.2, 0.25) is 0 Å². The third kappa shape index (κ3) is 1.09. The molecule has 3 heteroatoms. The monoisotopic (exact) mass is 204 g/mol. The molecule has 2 aliphatic rings. The van der Waals surface area contributed by atoms with Gasteiger partial charge in [0.15, 0.2) is 0 Å². The van der Waals surface area contributed by atoms with E-state index >= 15 is 0 Å². The van der Waals surface area contributed by atoms with Gasteiger partial charge in [0.05, 0.1) is 16.6 Å². The molecule has 2 fully saturated rings. The van der Waals surface area contributed by atoms with E-state index in [1.165, 1.54) is 0 Å². The van der Waals surface area contributed by atoms with Crippen LogP contribution in [0, 0.1) is 11.8 Å². The van der Waals surface area contributed by atoms with Gasteiger partial charge < -0.3 is 9.84 Å². The smallest absolute Gasteiger partial charge is 0.0878 e. The number of hydrogen-bond acceptors (Lipinski definition) is 2. The van der Waals surface area contributed by atoms with E-state index in [4.69, 9.17) is 16.3 Å². The molecule has 4 unspecified atom stereocenters. The van der Waals surface area contributed by atoms with E-state index in [1.807, 2.05) is 6.92 Å². The quantitative estimate of drug-likeness (QED) is 0.660. The zero-order valence-electron chi connectivity index (χ0n) is 8.38. The fraction of sp³-hybridized carbons (Fsp3) is 1.00. The summed E-state index contributed by atoms with van der Waals surface area (Å²) in [5.74, 6) is 0.620. The van der Waals surface area contributed by atoms with Crippen LogP contribution < -0.4 is 0 Å². The van der Waals surface area contributed by atoms with Crippen LogP contribution >= 0.6 is 11.6 Å².